The van der Waals surface area contributed by atoms with Gasteiger partial charge in [-0.25, -0.2) is 4.98 Å². The molecule has 0 aliphatic carbocycles. The van der Waals surface area contributed by atoms with Crippen molar-refractivity contribution in [2.75, 3.05) is 0 Å². The molecule has 0 aromatic carbocycles. The minimum Gasteiger partial charge on any atom is -0.298 e. The number of carbonyl (C=O) groups is 1. The molecule has 11 heavy (non-hydrogen) atoms. The predicted octanol–water partition coefficient (Wildman–Crippen LogP) is 2.11. The molecule has 2 nitrogen and oxygen atoms in total. The van der Waals surface area contributed by atoms with Gasteiger partial charge >= 0.3 is 0 Å². The maximum absolute atomic E-state index is 10.5. The average Bonchev–Trinajstić information content (AvgIpc) is 2.50. The number of aromatic nitrogens is 1. The van der Waals surface area contributed by atoms with Crippen molar-refractivity contribution in [3.05, 3.63) is 29.3 Å². The summed E-state index contributed by atoms with van der Waals surface area (Å²) in [6, 6.07) is 3.64. The van der Waals surface area contributed by atoms with E-state index in [9.17, 15) is 4.79 Å². The van der Waals surface area contributed by atoms with Crippen molar-refractivity contribution in [3.63, 3.8) is 0 Å². The SMILES string of the molecule is O=Cc1ccnc2sccc12. The number of hydrogen-bond acceptors (Lipinski definition) is 3. The Morgan fingerprint density at radius 1 is 1.45 bits per heavy atom. The van der Waals surface area contributed by atoms with Gasteiger partial charge in [0.2, 0.25) is 0 Å². The molecule has 0 aliphatic heterocycles. The van der Waals surface area contributed by atoms with Crippen LogP contribution in [0, 0.1) is 0 Å². The first-order chi connectivity index (χ1) is 5.42. The molecule has 2 aromatic rings. The van der Waals surface area contributed by atoms with Crippen molar-refractivity contribution in [1.29, 1.82) is 0 Å². The van der Waals surface area contributed by atoms with Crippen LogP contribution in [-0.2, 0) is 0 Å². The summed E-state index contributed by atoms with van der Waals surface area (Å²) in [5, 5.41) is 2.89. The average molecular weight is 163 g/mol. The summed E-state index contributed by atoms with van der Waals surface area (Å²) in [7, 11) is 0. The van der Waals surface area contributed by atoms with E-state index in [0.29, 0.717) is 0 Å². The maximum atomic E-state index is 10.5. The Kier molecular flexibility index (Phi) is 1.43. The summed E-state index contributed by atoms with van der Waals surface area (Å²) >= 11 is 1.55. The maximum Gasteiger partial charge on any atom is 0.150 e. The van der Waals surface area contributed by atoms with Gasteiger partial charge < -0.3 is 0 Å². The summed E-state index contributed by atoms with van der Waals surface area (Å²) < 4.78 is 0. The largest absolute Gasteiger partial charge is 0.298 e. The zero-order chi connectivity index (χ0) is 7.68. The van der Waals surface area contributed by atoms with E-state index in [2.05, 4.69) is 4.98 Å². The second kappa shape index (κ2) is 2.43. The van der Waals surface area contributed by atoms with Crippen LogP contribution in [0.15, 0.2) is 23.7 Å². The van der Waals surface area contributed by atoms with Crippen LogP contribution in [0.5, 0.6) is 0 Å². The number of aldehydes is 1. The molecule has 0 radical (unpaired) electrons. The Hall–Kier alpha value is -1.22. The molecule has 0 N–H and O–H groups in total. The van der Waals surface area contributed by atoms with Crippen LogP contribution in [0.3, 0.4) is 0 Å². The highest BCUT2D eigenvalue weighted by Gasteiger charge is 1.99. The van der Waals surface area contributed by atoms with Crippen LogP contribution < -0.4 is 0 Å². The van der Waals surface area contributed by atoms with E-state index >= 15 is 0 Å². The molecule has 0 spiro atoms. The normalized spacial score (nSPS) is 10.2. The van der Waals surface area contributed by atoms with Gasteiger partial charge in [0, 0.05) is 17.1 Å². The predicted molar refractivity (Wildman–Crippen MR) is 45.0 cm³/mol. The fraction of sp³-hybridized carbons (Fsp3) is 0. The lowest BCUT2D eigenvalue weighted by Crippen LogP contribution is -1.80. The van der Waals surface area contributed by atoms with E-state index in [1.165, 1.54) is 0 Å². The van der Waals surface area contributed by atoms with Gasteiger partial charge in [0.15, 0.2) is 6.29 Å². The van der Waals surface area contributed by atoms with Gasteiger partial charge in [0.1, 0.15) is 4.83 Å². The minimum atomic E-state index is 0.719. The van der Waals surface area contributed by atoms with Crippen molar-refractivity contribution in [1.82, 2.24) is 4.98 Å². The number of pyridine rings is 1. The fourth-order valence-corrected chi connectivity index (χ4v) is 1.77. The molecule has 3 heteroatoms. The molecule has 54 valence electrons. The first-order valence-electron chi connectivity index (χ1n) is 3.19. The molecule has 2 rings (SSSR count). The van der Waals surface area contributed by atoms with E-state index in [4.69, 9.17) is 0 Å². The van der Waals surface area contributed by atoms with Crippen LogP contribution in [0.2, 0.25) is 0 Å². The number of nitrogens with zero attached hydrogens (tertiary/aromatic N) is 1. The third-order valence-electron chi connectivity index (χ3n) is 1.53. The lowest BCUT2D eigenvalue weighted by molar-refractivity contribution is 0.112. The Balaban J connectivity index is 2.88. The Morgan fingerprint density at radius 3 is 3.18 bits per heavy atom. The highest BCUT2D eigenvalue weighted by molar-refractivity contribution is 7.16. The molecule has 2 aromatic heterocycles. The fourth-order valence-electron chi connectivity index (χ4n) is 0.999. The quantitative estimate of drug-likeness (QED) is 0.602. The van der Waals surface area contributed by atoms with E-state index < -0.39 is 0 Å². The van der Waals surface area contributed by atoms with Crippen LogP contribution >= 0.6 is 11.3 Å². The molecule has 0 aliphatic rings. The summed E-state index contributed by atoms with van der Waals surface area (Å²) in [5.41, 5.74) is 0.719. The highest BCUT2D eigenvalue weighted by Crippen LogP contribution is 2.20. The second-order valence-electron chi connectivity index (χ2n) is 2.16. The van der Waals surface area contributed by atoms with Crippen LogP contribution in [0.1, 0.15) is 10.4 Å². The molecule has 0 saturated carbocycles. The zero-order valence-corrected chi connectivity index (χ0v) is 6.47. The van der Waals surface area contributed by atoms with Gasteiger partial charge in [-0.2, -0.15) is 0 Å². The molecule has 0 amide bonds. The van der Waals surface area contributed by atoms with E-state index in [-0.39, 0.29) is 0 Å². The second-order valence-corrected chi connectivity index (χ2v) is 3.05. The van der Waals surface area contributed by atoms with E-state index in [1.807, 2.05) is 11.4 Å². The topological polar surface area (TPSA) is 30.0 Å². The molecule has 0 atom stereocenters. The van der Waals surface area contributed by atoms with Gasteiger partial charge in [-0.15, -0.1) is 11.3 Å². The first kappa shape index (κ1) is 6.49. The number of hydrogen-bond donors (Lipinski definition) is 0. The molecule has 0 fully saturated rings. The lowest BCUT2D eigenvalue weighted by Gasteiger charge is -1.90. The third kappa shape index (κ3) is 0.935. The molecule has 0 unspecified atom stereocenters. The van der Waals surface area contributed by atoms with Gasteiger partial charge in [-0.1, -0.05) is 0 Å². The van der Waals surface area contributed by atoms with Crippen LogP contribution in [0.4, 0.5) is 0 Å². The van der Waals surface area contributed by atoms with Crippen molar-refractivity contribution in [2.45, 2.75) is 0 Å². The zero-order valence-electron chi connectivity index (χ0n) is 5.65. The van der Waals surface area contributed by atoms with E-state index in [0.717, 1.165) is 22.1 Å². The minimum absolute atomic E-state index is 0.719. The molecular weight excluding hydrogens is 158 g/mol. The lowest BCUT2D eigenvalue weighted by atomic mass is 10.2. The van der Waals surface area contributed by atoms with E-state index in [1.54, 1.807) is 23.6 Å². The number of thiophene rings is 1. The molecule has 0 bridgehead atoms. The van der Waals surface area contributed by atoms with Crippen molar-refractivity contribution >= 4 is 27.8 Å². The van der Waals surface area contributed by atoms with Gasteiger partial charge in [-0.05, 0) is 17.5 Å². The number of fused-ring (bicyclic) bond motifs is 1. The smallest absolute Gasteiger partial charge is 0.150 e. The summed E-state index contributed by atoms with van der Waals surface area (Å²) in [4.78, 5) is 15.5. The third-order valence-corrected chi connectivity index (χ3v) is 2.35. The summed E-state index contributed by atoms with van der Waals surface area (Å²) in [6.45, 7) is 0. The molecule has 0 saturated heterocycles. The Morgan fingerprint density at radius 2 is 2.36 bits per heavy atom. The number of carbonyl (C=O) groups excluding carboxylic acids is 1. The Bertz CT molecular complexity index is 394. The van der Waals surface area contributed by atoms with Gasteiger partial charge in [0.05, 0.1) is 0 Å². The van der Waals surface area contributed by atoms with Crippen molar-refractivity contribution in [3.8, 4) is 0 Å². The first-order valence-corrected chi connectivity index (χ1v) is 4.07. The molecule has 2 heterocycles. The van der Waals surface area contributed by atoms with Gasteiger partial charge in [-0.3, -0.25) is 4.79 Å². The monoisotopic (exact) mass is 163 g/mol. The summed E-state index contributed by atoms with van der Waals surface area (Å²) in [6.07, 6.45) is 2.51. The Labute approximate surface area is 67.5 Å². The van der Waals surface area contributed by atoms with Crippen molar-refractivity contribution in [2.24, 2.45) is 0 Å². The summed E-state index contributed by atoms with van der Waals surface area (Å²) in [5.74, 6) is 0. The molecular formula is C8H5NOS. The van der Waals surface area contributed by atoms with Crippen LogP contribution in [-0.4, -0.2) is 11.3 Å². The van der Waals surface area contributed by atoms with Crippen LogP contribution in [0.25, 0.3) is 10.2 Å². The number of rotatable bonds is 1. The van der Waals surface area contributed by atoms with Gasteiger partial charge in [0.25, 0.3) is 0 Å². The van der Waals surface area contributed by atoms with Crippen molar-refractivity contribution < 1.29 is 4.79 Å². The standard InChI is InChI=1S/C8H5NOS/c10-5-6-1-3-9-8-7(6)2-4-11-8/h1-5H. The highest BCUT2D eigenvalue weighted by atomic mass is 32.1.